The van der Waals surface area contributed by atoms with Gasteiger partial charge in [0, 0.05) is 25.2 Å². The molecule has 1 unspecified atom stereocenters. The number of hydrogen-bond donors (Lipinski definition) is 4. The standard InChI is InChI=1S/C22H27N5O6/c1-15-9-11-24-19(12-15)23-10-5-4-8-20(28)25-14-21(29)26-17(13-22(30)31)16-6-2-3-7-18(16)27(32)33/h2-3,6-7,9,11-12,17H,4-5,8,10,13-14H2,1H3,(H,23,24)(H,25,28)(H,26,29)(H,30,31). The van der Waals surface area contributed by atoms with Gasteiger partial charge in [0.25, 0.3) is 5.69 Å². The van der Waals surface area contributed by atoms with Gasteiger partial charge in [0.05, 0.1) is 29.5 Å². The first-order valence-corrected chi connectivity index (χ1v) is 10.4. The molecule has 4 N–H and O–H groups in total. The lowest BCUT2D eigenvalue weighted by molar-refractivity contribution is -0.385. The van der Waals surface area contributed by atoms with E-state index in [9.17, 15) is 24.5 Å². The summed E-state index contributed by atoms with van der Waals surface area (Å²) in [4.78, 5) is 50.2. The van der Waals surface area contributed by atoms with Crippen molar-refractivity contribution in [2.24, 2.45) is 0 Å². The first-order valence-electron chi connectivity index (χ1n) is 10.4. The topological polar surface area (TPSA) is 164 Å². The van der Waals surface area contributed by atoms with E-state index in [1.165, 1.54) is 24.3 Å². The van der Waals surface area contributed by atoms with Gasteiger partial charge in [-0.2, -0.15) is 0 Å². The zero-order valence-electron chi connectivity index (χ0n) is 18.2. The highest BCUT2D eigenvalue weighted by atomic mass is 16.6. The molecule has 1 atom stereocenters. The monoisotopic (exact) mass is 457 g/mol. The van der Waals surface area contributed by atoms with E-state index in [4.69, 9.17) is 5.11 Å². The summed E-state index contributed by atoms with van der Waals surface area (Å²) in [6.07, 6.45) is 2.73. The fraction of sp³-hybridized carbons (Fsp3) is 0.364. The second-order valence-electron chi connectivity index (χ2n) is 7.41. The number of nitrogens with one attached hydrogen (secondary N) is 3. The van der Waals surface area contributed by atoms with Crippen molar-refractivity contribution in [2.75, 3.05) is 18.4 Å². The maximum Gasteiger partial charge on any atom is 0.305 e. The van der Waals surface area contributed by atoms with Crippen molar-refractivity contribution >= 4 is 29.3 Å². The Labute approximate surface area is 190 Å². The first-order chi connectivity index (χ1) is 15.8. The third-order valence-corrected chi connectivity index (χ3v) is 4.72. The number of carboxylic acid groups (broad SMARTS) is 1. The number of unbranched alkanes of at least 4 members (excludes halogenated alkanes) is 1. The van der Waals surface area contributed by atoms with Gasteiger partial charge in [-0.3, -0.25) is 24.5 Å². The number of aryl methyl sites for hydroxylation is 1. The van der Waals surface area contributed by atoms with Crippen LogP contribution in [0.5, 0.6) is 0 Å². The predicted molar refractivity (Wildman–Crippen MR) is 121 cm³/mol. The summed E-state index contributed by atoms with van der Waals surface area (Å²) in [6, 6.07) is 8.33. The number of anilines is 1. The van der Waals surface area contributed by atoms with E-state index in [0.29, 0.717) is 13.0 Å². The number of benzene rings is 1. The minimum Gasteiger partial charge on any atom is -0.481 e. The third-order valence-electron chi connectivity index (χ3n) is 4.72. The maximum atomic E-state index is 12.2. The molecule has 0 saturated heterocycles. The molecule has 176 valence electrons. The van der Waals surface area contributed by atoms with Crippen LogP contribution in [-0.4, -0.2) is 45.9 Å². The van der Waals surface area contributed by atoms with Gasteiger partial charge >= 0.3 is 5.97 Å². The van der Waals surface area contributed by atoms with Crippen LogP contribution in [0.25, 0.3) is 0 Å². The molecule has 0 aliphatic heterocycles. The number of aromatic nitrogens is 1. The molecule has 0 radical (unpaired) electrons. The summed E-state index contributed by atoms with van der Waals surface area (Å²) in [5.74, 6) is -1.41. The molecule has 0 fully saturated rings. The molecule has 0 aliphatic carbocycles. The molecule has 2 rings (SSSR count). The zero-order chi connectivity index (χ0) is 24.2. The average Bonchev–Trinajstić information content (AvgIpc) is 2.76. The van der Waals surface area contributed by atoms with Crippen molar-refractivity contribution in [1.29, 1.82) is 0 Å². The number of aliphatic carboxylic acids is 1. The van der Waals surface area contributed by atoms with E-state index in [1.54, 1.807) is 6.20 Å². The molecule has 0 spiro atoms. The van der Waals surface area contributed by atoms with E-state index < -0.39 is 29.3 Å². The molecule has 0 aliphatic rings. The van der Waals surface area contributed by atoms with Crippen LogP contribution in [0, 0.1) is 17.0 Å². The number of hydrogen-bond acceptors (Lipinski definition) is 7. The van der Waals surface area contributed by atoms with Gasteiger partial charge in [0.15, 0.2) is 0 Å². The molecule has 11 nitrogen and oxygen atoms in total. The number of rotatable bonds is 13. The number of carbonyl (C=O) groups is 3. The lowest BCUT2D eigenvalue weighted by Gasteiger charge is -2.17. The van der Waals surface area contributed by atoms with Crippen molar-refractivity contribution in [3.8, 4) is 0 Å². The fourth-order valence-electron chi connectivity index (χ4n) is 3.13. The summed E-state index contributed by atoms with van der Waals surface area (Å²) in [5, 5.41) is 28.5. The number of carbonyl (C=O) groups excluding carboxylic acids is 2. The van der Waals surface area contributed by atoms with Gasteiger partial charge in [0.2, 0.25) is 11.8 Å². The number of amides is 2. The second kappa shape index (κ2) is 12.7. The van der Waals surface area contributed by atoms with Gasteiger partial charge in [-0.15, -0.1) is 0 Å². The lowest BCUT2D eigenvalue weighted by atomic mass is 10.0. The van der Waals surface area contributed by atoms with Crippen LogP contribution in [0.1, 0.15) is 42.9 Å². The minimum absolute atomic E-state index is 0.0835. The summed E-state index contributed by atoms with van der Waals surface area (Å²) in [7, 11) is 0. The van der Waals surface area contributed by atoms with Gasteiger partial charge in [-0.05, 0) is 37.5 Å². The van der Waals surface area contributed by atoms with E-state index >= 15 is 0 Å². The van der Waals surface area contributed by atoms with Gasteiger partial charge in [0.1, 0.15) is 5.82 Å². The molecule has 33 heavy (non-hydrogen) atoms. The molecular weight excluding hydrogens is 430 g/mol. The van der Waals surface area contributed by atoms with Gasteiger partial charge in [-0.25, -0.2) is 4.98 Å². The van der Waals surface area contributed by atoms with Crippen molar-refractivity contribution in [3.05, 3.63) is 63.8 Å². The normalized spacial score (nSPS) is 11.3. The van der Waals surface area contributed by atoms with Crippen molar-refractivity contribution in [2.45, 2.75) is 38.6 Å². The Morgan fingerprint density at radius 1 is 1.15 bits per heavy atom. The second-order valence-corrected chi connectivity index (χ2v) is 7.41. The minimum atomic E-state index is -1.23. The van der Waals surface area contributed by atoms with E-state index in [1.807, 2.05) is 19.1 Å². The summed E-state index contributed by atoms with van der Waals surface area (Å²) in [5.41, 5.74) is 0.889. The number of carboxylic acids is 1. The quantitative estimate of drug-likeness (QED) is 0.202. The molecule has 1 aromatic carbocycles. The SMILES string of the molecule is Cc1ccnc(NCCCCC(=O)NCC(=O)NC(CC(=O)O)c2ccccc2[N+](=O)[O-])c1. The number of pyridine rings is 1. The molecule has 1 heterocycles. The molecule has 0 bridgehead atoms. The van der Waals surface area contributed by atoms with Crippen molar-refractivity contribution < 1.29 is 24.4 Å². The number of nitrogens with zero attached hydrogens (tertiary/aromatic N) is 2. The highest BCUT2D eigenvalue weighted by Crippen LogP contribution is 2.27. The van der Waals surface area contributed by atoms with E-state index in [0.717, 1.165) is 17.8 Å². The summed E-state index contributed by atoms with van der Waals surface area (Å²) < 4.78 is 0. The average molecular weight is 457 g/mol. The Morgan fingerprint density at radius 3 is 2.61 bits per heavy atom. The zero-order valence-corrected chi connectivity index (χ0v) is 18.2. The van der Waals surface area contributed by atoms with Gasteiger partial charge in [-0.1, -0.05) is 18.2 Å². The summed E-state index contributed by atoms with van der Waals surface area (Å²) >= 11 is 0. The molecule has 0 saturated carbocycles. The predicted octanol–water partition coefficient (Wildman–Crippen LogP) is 2.33. The molecule has 2 amide bonds. The number of nitro groups is 1. The highest BCUT2D eigenvalue weighted by Gasteiger charge is 2.25. The largest absolute Gasteiger partial charge is 0.481 e. The van der Waals surface area contributed by atoms with Crippen LogP contribution < -0.4 is 16.0 Å². The van der Waals surface area contributed by atoms with Crippen molar-refractivity contribution in [1.82, 2.24) is 15.6 Å². The van der Waals surface area contributed by atoms with Crippen LogP contribution >= 0.6 is 0 Å². The smallest absolute Gasteiger partial charge is 0.305 e. The third kappa shape index (κ3) is 8.93. The van der Waals surface area contributed by atoms with Gasteiger partial charge < -0.3 is 21.1 Å². The van der Waals surface area contributed by atoms with Crippen LogP contribution in [-0.2, 0) is 14.4 Å². The Balaban J connectivity index is 1.77. The molecule has 11 heteroatoms. The first kappa shape index (κ1) is 25.2. The van der Waals surface area contributed by atoms with Crippen molar-refractivity contribution in [3.63, 3.8) is 0 Å². The van der Waals surface area contributed by atoms with E-state index in [2.05, 4.69) is 20.9 Å². The Kier molecular flexibility index (Phi) is 9.75. The van der Waals surface area contributed by atoms with Crippen LogP contribution in [0.3, 0.4) is 0 Å². The molecule has 1 aromatic heterocycles. The molecule has 2 aromatic rings. The van der Waals surface area contributed by atoms with Crippen LogP contribution in [0.2, 0.25) is 0 Å². The maximum absolute atomic E-state index is 12.2. The Hall–Kier alpha value is -4.02. The van der Waals surface area contributed by atoms with E-state index in [-0.39, 0.29) is 30.1 Å². The number of nitro benzene ring substituents is 1. The van der Waals surface area contributed by atoms with Crippen LogP contribution in [0.4, 0.5) is 11.5 Å². The molecular formula is C22H27N5O6. The fourth-order valence-corrected chi connectivity index (χ4v) is 3.13. The Morgan fingerprint density at radius 2 is 1.91 bits per heavy atom. The van der Waals surface area contributed by atoms with Crippen LogP contribution in [0.15, 0.2) is 42.6 Å². The number of para-hydroxylation sites is 1. The lowest BCUT2D eigenvalue weighted by Crippen LogP contribution is -2.39. The summed E-state index contributed by atoms with van der Waals surface area (Å²) in [6.45, 7) is 2.26. The Bertz CT molecular complexity index is 997. The highest BCUT2D eigenvalue weighted by molar-refractivity contribution is 5.85.